The van der Waals surface area contributed by atoms with E-state index in [1.54, 1.807) is 0 Å². The fourth-order valence-electron chi connectivity index (χ4n) is 3.52. The van der Waals surface area contributed by atoms with E-state index < -0.39 is 12.1 Å². The number of allylic oxidation sites excluding steroid dienone is 3. The lowest BCUT2D eigenvalue weighted by molar-refractivity contribution is -0.137. The molecule has 1 aliphatic carbocycles. The Hall–Kier alpha value is -1.42. The molecule has 4 heteroatoms. The smallest absolute Gasteiger partial charge is 0.303 e. The number of carboxylic acids is 1. The maximum atomic E-state index is 12.3. The molecule has 0 aromatic heterocycles. The van der Waals surface area contributed by atoms with Crippen LogP contribution in [0.3, 0.4) is 0 Å². The van der Waals surface area contributed by atoms with Gasteiger partial charge in [0.05, 0.1) is 6.10 Å². The van der Waals surface area contributed by atoms with Gasteiger partial charge in [0, 0.05) is 18.8 Å². The summed E-state index contributed by atoms with van der Waals surface area (Å²) < 4.78 is 0. The SMILES string of the molecule is CCCCCC(O)/C=C/[C@H]1C(C)CC(=O)[C@@H]1C/C=C\CCCC(=O)O. The van der Waals surface area contributed by atoms with Gasteiger partial charge in [-0.05, 0) is 37.5 Å². The van der Waals surface area contributed by atoms with Gasteiger partial charge in [0.25, 0.3) is 0 Å². The molecule has 1 rings (SSSR count). The quantitative estimate of drug-likeness (QED) is 0.401. The van der Waals surface area contributed by atoms with Crippen LogP contribution in [-0.2, 0) is 9.59 Å². The van der Waals surface area contributed by atoms with Crippen molar-refractivity contribution in [3.63, 3.8) is 0 Å². The molecule has 0 saturated heterocycles. The van der Waals surface area contributed by atoms with E-state index in [-0.39, 0.29) is 18.3 Å². The second kappa shape index (κ2) is 12.0. The van der Waals surface area contributed by atoms with Crippen LogP contribution in [0.5, 0.6) is 0 Å². The number of aliphatic carboxylic acids is 1. The van der Waals surface area contributed by atoms with Gasteiger partial charge in [0.1, 0.15) is 5.78 Å². The monoisotopic (exact) mass is 350 g/mol. The number of Topliss-reactive ketones (excluding diaryl/α,β-unsaturated/α-hetero) is 1. The van der Waals surface area contributed by atoms with E-state index in [0.29, 0.717) is 31.0 Å². The number of rotatable bonds is 12. The van der Waals surface area contributed by atoms with Gasteiger partial charge in [-0.25, -0.2) is 0 Å². The Morgan fingerprint density at radius 3 is 2.72 bits per heavy atom. The number of hydrogen-bond acceptors (Lipinski definition) is 3. The minimum absolute atomic E-state index is 0.00943. The Morgan fingerprint density at radius 1 is 1.28 bits per heavy atom. The Morgan fingerprint density at radius 2 is 2.04 bits per heavy atom. The Labute approximate surface area is 152 Å². The lowest BCUT2D eigenvalue weighted by Crippen LogP contribution is -2.15. The lowest BCUT2D eigenvalue weighted by atomic mass is 9.87. The first-order chi connectivity index (χ1) is 12.0. The topological polar surface area (TPSA) is 74.6 Å². The van der Waals surface area contributed by atoms with Crippen LogP contribution in [0.2, 0.25) is 0 Å². The van der Waals surface area contributed by atoms with Crippen LogP contribution in [0.1, 0.15) is 71.6 Å². The predicted molar refractivity (Wildman–Crippen MR) is 100 cm³/mol. The molecular formula is C21H34O4. The maximum absolute atomic E-state index is 12.3. The average Bonchev–Trinajstić information content (AvgIpc) is 2.82. The van der Waals surface area contributed by atoms with E-state index in [0.717, 1.165) is 32.1 Å². The third-order valence-electron chi connectivity index (χ3n) is 5.04. The third kappa shape index (κ3) is 8.48. The van der Waals surface area contributed by atoms with Crippen LogP contribution in [-0.4, -0.2) is 28.1 Å². The van der Waals surface area contributed by atoms with E-state index in [4.69, 9.17) is 5.11 Å². The van der Waals surface area contributed by atoms with Gasteiger partial charge < -0.3 is 10.2 Å². The van der Waals surface area contributed by atoms with E-state index in [9.17, 15) is 14.7 Å². The predicted octanol–water partition coefficient (Wildman–Crippen LogP) is 4.53. The molecule has 0 aromatic carbocycles. The average molecular weight is 350 g/mol. The molecule has 0 spiro atoms. The van der Waals surface area contributed by atoms with E-state index in [1.165, 1.54) is 0 Å². The van der Waals surface area contributed by atoms with Crippen molar-refractivity contribution >= 4 is 11.8 Å². The Kier molecular flexibility index (Phi) is 10.4. The van der Waals surface area contributed by atoms with Gasteiger partial charge in [-0.3, -0.25) is 9.59 Å². The molecule has 0 heterocycles. The number of aliphatic hydroxyl groups excluding tert-OH is 1. The number of aliphatic hydroxyl groups is 1. The minimum Gasteiger partial charge on any atom is -0.481 e. The molecule has 0 radical (unpaired) electrons. The summed E-state index contributed by atoms with van der Waals surface area (Å²) in [6.45, 7) is 4.25. The standard InChI is InChI=1S/C21H34O4/c1-3-4-7-10-17(22)13-14-18-16(2)15-20(23)19(18)11-8-5-6-9-12-21(24)25/h5,8,13-14,16-19,22H,3-4,6-7,9-12,15H2,1-2H3,(H,24,25)/b8-5-,14-13+/t16?,17?,18-,19+/m0/s1. The van der Waals surface area contributed by atoms with Crippen LogP contribution in [0.25, 0.3) is 0 Å². The van der Waals surface area contributed by atoms with Crippen LogP contribution in [0.4, 0.5) is 0 Å². The summed E-state index contributed by atoms with van der Waals surface area (Å²) in [4.78, 5) is 22.7. The van der Waals surface area contributed by atoms with Gasteiger partial charge in [0.15, 0.2) is 0 Å². The molecule has 142 valence electrons. The summed E-state index contributed by atoms with van der Waals surface area (Å²) in [7, 11) is 0. The normalized spacial score (nSPS) is 25.2. The molecule has 0 aliphatic heterocycles. The van der Waals surface area contributed by atoms with Gasteiger partial charge in [-0.15, -0.1) is 0 Å². The highest BCUT2D eigenvalue weighted by Crippen LogP contribution is 2.37. The highest BCUT2D eigenvalue weighted by atomic mass is 16.4. The van der Waals surface area contributed by atoms with Crippen LogP contribution >= 0.6 is 0 Å². The summed E-state index contributed by atoms with van der Waals surface area (Å²) >= 11 is 0. The molecule has 4 atom stereocenters. The first-order valence-corrected chi connectivity index (χ1v) is 9.71. The number of carboxylic acid groups (broad SMARTS) is 1. The van der Waals surface area contributed by atoms with E-state index in [2.05, 4.69) is 19.9 Å². The van der Waals surface area contributed by atoms with Crippen molar-refractivity contribution in [2.45, 2.75) is 77.7 Å². The first-order valence-electron chi connectivity index (χ1n) is 9.71. The summed E-state index contributed by atoms with van der Waals surface area (Å²) in [5.74, 6) is 0.0347. The second-order valence-electron chi connectivity index (χ2n) is 7.27. The van der Waals surface area contributed by atoms with Crippen molar-refractivity contribution in [3.8, 4) is 0 Å². The molecular weight excluding hydrogens is 316 g/mol. The number of unbranched alkanes of at least 4 members (excludes halogenated alkanes) is 3. The van der Waals surface area contributed by atoms with Gasteiger partial charge in [-0.1, -0.05) is 57.4 Å². The largest absolute Gasteiger partial charge is 0.481 e. The van der Waals surface area contributed by atoms with Crippen LogP contribution in [0.15, 0.2) is 24.3 Å². The van der Waals surface area contributed by atoms with Gasteiger partial charge in [0.2, 0.25) is 0 Å². The zero-order chi connectivity index (χ0) is 18.7. The highest BCUT2D eigenvalue weighted by Gasteiger charge is 2.37. The van der Waals surface area contributed by atoms with Gasteiger partial charge >= 0.3 is 5.97 Å². The van der Waals surface area contributed by atoms with Crippen LogP contribution < -0.4 is 0 Å². The fraction of sp³-hybridized carbons (Fsp3) is 0.714. The molecule has 2 unspecified atom stereocenters. The molecule has 25 heavy (non-hydrogen) atoms. The van der Waals surface area contributed by atoms with E-state index >= 15 is 0 Å². The fourth-order valence-corrected chi connectivity index (χ4v) is 3.52. The van der Waals surface area contributed by atoms with Crippen molar-refractivity contribution < 1.29 is 19.8 Å². The zero-order valence-corrected chi connectivity index (χ0v) is 15.7. The molecule has 1 aliphatic rings. The molecule has 0 amide bonds. The first kappa shape index (κ1) is 21.6. The zero-order valence-electron chi connectivity index (χ0n) is 15.7. The summed E-state index contributed by atoms with van der Waals surface area (Å²) in [5.41, 5.74) is 0. The van der Waals surface area contributed by atoms with E-state index in [1.807, 2.05) is 18.2 Å². The number of carbonyl (C=O) groups excluding carboxylic acids is 1. The van der Waals surface area contributed by atoms with Crippen molar-refractivity contribution in [1.29, 1.82) is 0 Å². The Bertz CT molecular complexity index is 467. The molecule has 4 nitrogen and oxygen atoms in total. The van der Waals surface area contributed by atoms with Crippen molar-refractivity contribution in [2.24, 2.45) is 17.8 Å². The summed E-state index contributed by atoms with van der Waals surface area (Å²) in [5, 5.41) is 18.7. The van der Waals surface area contributed by atoms with Crippen molar-refractivity contribution in [3.05, 3.63) is 24.3 Å². The molecule has 0 aromatic rings. The molecule has 1 saturated carbocycles. The maximum Gasteiger partial charge on any atom is 0.303 e. The number of ketones is 1. The highest BCUT2D eigenvalue weighted by molar-refractivity contribution is 5.84. The number of carbonyl (C=O) groups is 2. The third-order valence-corrected chi connectivity index (χ3v) is 5.04. The summed E-state index contributed by atoms with van der Waals surface area (Å²) in [6, 6.07) is 0. The number of hydrogen-bond donors (Lipinski definition) is 2. The van der Waals surface area contributed by atoms with Gasteiger partial charge in [-0.2, -0.15) is 0 Å². The molecule has 0 bridgehead atoms. The second-order valence-corrected chi connectivity index (χ2v) is 7.27. The van der Waals surface area contributed by atoms with Crippen LogP contribution in [0, 0.1) is 17.8 Å². The van der Waals surface area contributed by atoms with Crippen molar-refractivity contribution in [1.82, 2.24) is 0 Å². The summed E-state index contributed by atoms with van der Waals surface area (Å²) in [6.07, 6.45) is 14.5. The minimum atomic E-state index is -0.768. The molecule has 1 fully saturated rings. The lowest BCUT2D eigenvalue weighted by Gasteiger charge is -2.17. The molecule has 2 N–H and O–H groups in total. The van der Waals surface area contributed by atoms with Crippen molar-refractivity contribution in [2.75, 3.05) is 0 Å². The Balaban J connectivity index is 2.48.